The molecule has 9 atom stereocenters. The second kappa shape index (κ2) is 7.62. The first kappa shape index (κ1) is 22.8. The van der Waals surface area contributed by atoms with Gasteiger partial charge in [-0.2, -0.15) is 0 Å². The van der Waals surface area contributed by atoms with Gasteiger partial charge in [0.25, 0.3) is 0 Å². The summed E-state index contributed by atoms with van der Waals surface area (Å²) < 4.78 is 6.94. The van der Waals surface area contributed by atoms with Gasteiger partial charge in [-0.05, 0) is 119 Å². The molecule has 0 spiro atoms. The minimum Gasteiger partial charge on any atom is -0.372 e. The van der Waals surface area contributed by atoms with Crippen LogP contribution in [-0.4, -0.2) is 17.7 Å². The molecule has 0 aromatic heterocycles. The van der Waals surface area contributed by atoms with Crippen molar-refractivity contribution in [2.75, 3.05) is 0 Å². The predicted octanol–water partition coefficient (Wildman–Crippen LogP) is 7.12. The maximum absolute atomic E-state index is 6.94. The van der Waals surface area contributed by atoms with Crippen molar-refractivity contribution in [3.8, 4) is 0 Å². The van der Waals surface area contributed by atoms with Crippen LogP contribution in [-0.2, 0) is 4.74 Å². The molecular formula is C28H49NO. The first-order valence-electron chi connectivity index (χ1n) is 13.2. The van der Waals surface area contributed by atoms with Crippen molar-refractivity contribution < 1.29 is 4.74 Å². The van der Waals surface area contributed by atoms with Crippen LogP contribution in [0.4, 0.5) is 0 Å². The molecule has 7 unspecified atom stereocenters. The Morgan fingerprint density at radius 2 is 1.63 bits per heavy atom. The number of fused-ring (bicyclic) bond motifs is 8. The molecule has 2 heteroatoms. The summed E-state index contributed by atoms with van der Waals surface area (Å²) in [4.78, 5) is 0. The van der Waals surface area contributed by atoms with Crippen molar-refractivity contribution >= 4 is 0 Å². The maximum Gasteiger partial charge on any atom is 0.0648 e. The van der Waals surface area contributed by atoms with Gasteiger partial charge in [-0.15, -0.1) is 0 Å². The van der Waals surface area contributed by atoms with Crippen LogP contribution in [0.1, 0.15) is 107 Å². The minimum absolute atomic E-state index is 0.0401. The lowest BCUT2D eigenvalue weighted by Crippen LogP contribution is -2.61. The summed E-state index contributed by atoms with van der Waals surface area (Å²) in [5.74, 6) is 3.93. The second-order valence-corrected chi connectivity index (χ2v) is 12.6. The number of ether oxygens (including phenoxy) is 1. The molecule has 30 heavy (non-hydrogen) atoms. The summed E-state index contributed by atoms with van der Waals surface area (Å²) in [5.41, 5.74) is 10.9. The highest BCUT2D eigenvalue weighted by molar-refractivity contribution is 5.28. The standard InChI is InChI=1S/C26H43NO.C2H6/c1-15(2)18-7-8-19-22-20(10-12-25(18,19)5)26(6)11-9-16(27)13-21(26)17-14-24(3,4)28-23(17)22;1-2/h16-17,19-23H,7-14,27H2,1-6H3;1-2H3/t16-,17-,19?,20?,21?,22?,23?,25?,26?;/m1./s1. The van der Waals surface area contributed by atoms with Gasteiger partial charge in [-0.3, -0.25) is 0 Å². The van der Waals surface area contributed by atoms with E-state index >= 15 is 0 Å². The number of hydrogen-bond donors (Lipinski definition) is 1. The van der Waals surface area contributed by atoms with E-state index in [0.717, 1.165) is 29.6 Å². The van der Waals surface area contributed by atoms with Gasteiger partial charge < -0.3 is 10.5 Å². The zero-order valence-electron chi connectivity index (χ0n) is 21.2. The van der Waals surface area contributed by atoms with Gasteiger partial charge in [0.1, 0.15) is 0 Å². The van der Waals surface area contributed by atoms with E-state index in [9.17, 15) is 0 Å². The molecular weight excluding hydrogens is 366 g/mol. The molecule has 172 valence electrons. The first-order chi connectivity index (χ1) is 14.1. The largest absolute Gasteiger partial charge is 0.372 e. The van der Waals surface area contributed by atoms with E-state index in [2.05, 4.69) is 41.5 Å². The molecule has 2 N–H and O–H groups in total. The topological polar surface area (TPSA) is 35.2 Å². The molecule has 4 saturated carbocycles. The highest BCUT2D eigenvalue weighted by Gasteiger charge is 2.67. The first-order valence-corrected chi connectivity index (χ1v) is 13.2. The molecule has 4 aliphatic carbocycles. The van der Waals surface area contributed by atoms with Crippen molar-refractivity contribution in [1.29, 1.82) is 0 Å². The van der Waals surface area contributed by atoms with E-state index in [1.54, 1.807) is 11.1 Å². The Hall–Kier alpha value is -0.340. The molecule has 1 heterocycles. The highest BCUT2D eigenvalue weighted by atomic mass is 16.5. The van der Waals surface area contributed by atoms with Gasteiger partial charge in [0.05, 0.1) is 11.7 Å². The lowest BCUT2D eigenvalue weighted by Gasteiger charge is -2.64. The van der Waals surface area contributed by atoms with Gasteiger partial charge in [0.2, 0.25) is 0 Å². The second-order valence-electron chi connectivity index (χ2n) is 12.6. The van der Waals surface area contributed by atoms with E-state index in [0.29, 0.717) is 23.0 Å². The van der Waals surface area contributed by atoms with Gasteiger partial charge in [0, 0.05) is 6.04 Å². The van der Waals surface area contributed by atoms with Gasteiger partial charge in [-0.25, -0.2) is 0 Å². The lowest BCUT2D eigenvalue weighted by molar-refractivity contribution is -0.187. The molecule has 1 aliphatic heterocycles. The summed E-state index contributed by atoms with van der Waals surface area (Å²) >= 11 is 0. The summed E-state index contributed by atoms with van der Waals surface area (Å²) in [6, 6.07) is 0.414. The minimum atomic E-state index is 0.0401. The maximum atomic E-state index is 6.94. The predicted molar refractivity (Wildman–Crippen MR) is 127 cm³/mol. The SMILES string of the molecule is CC.CC(C)=C1CCC2C3C4OC(C)(C)C[C@@H]4C4C[C@H](N)CCC4(C)C3CCC12C. The van der Waals surface area contributed by atoms with Crippen LogP contribution in [0.2, 0.25) is 0 Å². The van der Waals surface area contributed by atoms with Crippen molar-refractivity contribution in [2.45, 2.75) is 125 Å². The molecule has 1 saturated heterocycles. The quantitative estimate of drug-likeness (QED) is 0.427. The highest BCUT2D eigenvalue weighted by Crippen LogP contribution is 2.70. The Labute approximate surface area is 186 Å². The summed E-state index contributed by atoms with van der Waals surface area (Å²) in [6.45, 7) is 18.7. The Morgan fingerprint density at radius 1 is 0.933 bits per heavy atom. The lowest BCUT2D eigenvalue weighted by atomic mass is 9.42. The van der Waals surface area contributed by atoms with Crippen molar-refractivity contribution in [2.24, 2.45) is 46.2 Å². The molecule has 5 fully saturated rings. The average molecular weight is 416 g/mol. The zero-order valence-corrected chi connectivity index (χ0v) is 21.2. The van der Waals surface area contributed by atoms with Gasteiger partial charge in [0.15, 0.2) is 0 Å². The van der Waals surface area contributed by atoms with E-state index in [-0.39, 0.29) is 5.60 Å². The number of rotatable bonds is 0. The van der Waals surface area contributed by atoms with Crippen LogP contribution >= 0.6 is 0 Å². The average Bonchev–Trinajstić information content (AvgIpc) is 3.20. The van der Waals surface area contributed by atoms with E-state index in [1.807, 2.05) is 13.8 Å². The molecule has 0 amide bonds. The number of nitrogens with two attached hydrogens (primary N) is 1. The van der Waals surface area contributed by atoms with Crippen LogP contribution in [0.25, 0.3) is 0 Å². The summed E-state index contributed by atoms with van der Waals surface area (Å²) in [7, 11) is 0. The fourth-order valence-corrected chi connectivity index (χ4v) is 9.50. The fourth-order valence-electron chi connectivity index (χ4n) is 9.50. The normalized spacial score (nSPS) is 51.1. The van der Waals surface area contributed by atoms with Crippen LogP contribution in [0, 0.1) is 40.4 Å². The number of hydrogen-bond acceptors (Lipinski definition) is 2. The van der Waals surface area contributed by atoms with E-state index < -0.39 is 0 Å². The van der Waals surface area contributed by atoms with Crippen LogP contribution in [0.15, 0.2) is 11.1 Å². The summed E-state index contributed by atoms with van der Waals surface area (Å²) in [5, 5.41) is 0. The Balaban J connectivity index is 0.00000106. The fraction of sp³-hybridized carbons (Fsp3) is 0.929. The van der Waals surface area contributed by atoms with Crippen molar-refractivity contribution in [3.63, 3.8) is 0 Å². The Kier molecular flexibility index (Phi) is 5.80. The van der Waals surface area contributed by atoms with Crippen LogP contribution < -0.4 is 5.73 Å². The Bertz CT molecular complexity index is 691. The molecule has 5 aliphatic rings. The molecule has 2 nitrogen and oxygen atoms in total. The van der Waals surface area contributed by atoms with Crippen LogP contribution in [0.3, 0.4) is 0 Å². The zero-order chi connectivity index (χ0) is 22.1. The molecule has 0 radical (unpaired) electrons. The van der Waals surface area contributed by atoms with E-state index in [4.69, 9.17) is 10.5 Å². The third kappa shape index (κ3) is 3.18. The van der Waals surface area contributed by atoms with Gasteiger partial charge in [-0.1, -0.05) is 38.8 Å². The molecule has 0 aromatic carbocycles. The number of allylic oxidation sites excluding steroid dienone is 2. The van der Waals surface area contributed by atoms with Gasteiger partial charge >= 0.3 is 0 Å². The third-order valence-corrected chi connectivity index (χ3v) is 10.5. The summed E-state index contributed by atoms with van der Waals surface area (Å²) in [6.07, 6.45) is 11.1. The molecule has 5 rings (SSSR count). The third-order valence-electron chi connectivity index (χ3n) is 10.5. The van der Waals surface area contributed by atoms with E-state index in [1.165, 1.54) is 51.4 Å². The van der Waals surface area contributed by atoms with Crippen molar-refractivity contribution in [3.05, 3.63) is 11.1 Å². The van der Waals surface area contributed by atoms with Crippen molar-refractivity contribution in [1.82, 2.24) is 0 Å². The monoisotopic (exact) mass is 415 g/mol. The Morgan fingerprint density at radius 3 is 2.30 bits per heavy atom. The smallest absolute Gasteiger partial charge is 0.0648 e. The molecule has 0 bridgehead atoms. The van der Waals surface area contributed by atoms with Crippen LogP contribution in [0.5, 0.6) is 0 Å². The molecule has 0 aromatic rings.